The summed E-state index contributed by atoms with van der Waals surface area (Å²) >= 11 is 0. The molecule has 0 unspecified atom stereocenters. The summed E-state index contributed by atoms with van der Waals surface area (Å²) in [6, 6.07) is 15.8. The van der Waals surface area contributed by atoms with Crippen LogP contribution >= 0.6 is 0 Å². The van der Waals surface area contributed by atoms with E-state index in [1.165, 1.54) is 22.3 Å². The molecule has 0 saturated carbocycles. The van der Waals surface area contributed by atoms with Gasteiger partial charge in [-0.15, -0.1) is 0 Å². The Morgan fingerprint density at radius 2 is 1.62 bits per heavy atom. The lowest BCUT2D eigenvalue weighted by Gasteiger charge is -2.34. The number of cyclic esters (lactones) is 1. The molecule has 184 valence electrons. The van der Waals surface area contributed by atoms with Crippen LogP contribution in [-0.2, 0) is 21.4 Å². The number of aryl methyl sites for hydroxylation is 2. The van der Waals surface area contributed by atoms with Crippen molar-refractivity contribution in [3.8, 4) is 0 Å². The molecular formula is C31H42O3. The molecule has 0 spiro atoms. The van der Waals surface area contributed by atoms with E-state index in [0.717, 1.165) is 37.7 Å². The predicted molar refractivity (Wildman–Crippen MR) is 141 cm³/mol. The van der Waals surface area contributed by atoms with Gasteiger partial charge < -0.3 is 9.84 Å². The highest BCUT2D eigenvalue weighted by atomic mass is 16.5. The van der Waals surface area contributed by atoms with Gasteiger partial charge in [0.15, 0.2) is 0 Å². The normalized spacial score (nSPS) is 16.9. The van der Waals surface area contributed by atoms with Crippen molar-refractivity contribution < 1.29 is 14.6 Å². The minimum atomic E-state index is -0.733. The zero-order chi connectivity index (χ0) is 24.8. The fourth-order valence-corrected chi connectivity index (χ4v) is 5.23. The lowest BCUT2D eigenvalue weighted by atomic mass is 9.70. The second kappa shape index (κ2) is 11.4. The highest BCUT2D eigenvalue weighted by Gasteiger charge is 2.31. The molecule has 34 heavy (non-hydrogen) atoms. The highest BCUT2D eigenvalue weighted by molar-refractivity contribution is 5.71. The molecule has 0 radical (unpaired) electrons. The second-order valence-corrected chi connectivity index (χ2v) is 9.89. The molecule has 2 aromatic carbocycles. The lowest BCUT2D eigenvalue weighted by molar-refractivity contribution is -0.141. The van der Waals surface area contributed by atoms with E-state index >= 15 is 0 Å². The molecule has 1 heterocycles. The largest absolute Gasteiger partial charge is 0.462 e. The van der Waals surface area contributed by atoms with Crippen LogP contribution in [0.15, 0.2) is 48.5 Å². The van der Waals surface area contributed by atoms with Crippen LogP contribution in [0.2, 0.25) is 0 Å². The van der Waals surface area contributed by atoms with Crippen molar-refractivity contribution in [1.29, 1.82) is 0 Å². The monoisotopic (exact) mass is 462 g/mol. The van der Waals surface area contributed by atoms with Crippen LogP contribution < -0.4 is 0 Å². The summed E-state index contributed by atoms with van der Waals surface area (Å²) in [5.41, 5.74) is 5.62. The Balaban J connectivity index is 1.80. The van der Waals surface area contributed by atoms with E-state index in [0.29, 0.717) is 19.3 Å². The highest BCUT2D eigenvalue weighted by Crippen LogP contribution is 2.40. The number of esters is 1. The van der Waals surface area contributed by atoms with Gasteiger partial charge in [0.25, 0.3) is 0 Å². The third kappa shape index (κ3) is 5.81. The number of carbonyl (C=O) groups is 1. The van der Waals surface area contributed by atoms with Crippen LogP contribution in [-0.4, -0.2) is 22.8 Å². The van der Waals surface area contributed by atoms with E-state index in [2.05, 4.69) is 69.3 Å². The molecule has 0 aliphatic carbocycles. The maximum absolute atomic E-state index is 11.3. The summed E-state index contributed by atoms with van der Waals surface area (Å²) < 4.78 is 5.37. The van der Waals surface area contributed by atoms with E-state index < -0.39 is 5.60 Å². The molecule has 0 bridgehead atoms. The summed E-state index contributed by atoms with van der Waals surface area (Å²) in [6.07, 6.45) is 10.8. The van der Waals surface area contributed by atoms with Gasteiger partial charge in [-0.05, 0) is 79.7 Å². The maximum Gasteiger partial charge on any atom is 0.306 e. The fraction of sp³-hybridized carbons (Fsp3) is 0.516. The number of rotatable bonds is 11. The first-order chi connectivity index (χ1) is 16.3. The average Bonchev–Trinajstić information content (AvgIpc) is 3.29. The maximum atomic E-state index is 11.3. The third-order valence-corrected chi connectivity index (χ3v) is 8.06. The number of aliphatic hydroxyl groups is 1. The van der Waals surface area contributed by atoms with Gasteiger partial charge in [-0.3, -0.25) is 4.79 Å². The standard InChI is InChI=1S/C31H42O3/c1-6-30(33,7-2)21-20-25-13-16-27(22-23(25)5)31(8-3,9-4)26-14-10-24(11-15-26)12-17-28-18-19-29(32)34-28/h10-11,13-16,20-22,28,33H,6-9,12,17-19H2,1-5H3/t28-/m1/s1. The van der Waals surface area contributed by atoms with Crippen molar-refractivity contribution in [2.75, 3.05) is 0 Å². The number of hydrogen-bond donors (Lipinski definition) is 1. The van der Waals surface area contributed by atoms with E-state index in [1.54, 1.807) is 0 Å². The first-order valence-corrected chi connectivity index (χ1v) is 13.1. The minimum absolute atomic E-state index is 0.0277. The third-order valence-electron chi connectivity index (χ3n) is 8.06. The Bertz CT molecular complexity index is 978. The molecule has 0 aromatic heterocycles. The quantitative estimate of drug-likeness (QED) is 0.356. The van der Waals surface area contributed by atoms with Gasteiger partial charge in [0, 0.05) is 11.8 Å². The molecule has 0 amide bonds. The van der Waals surface area contributed by atoms with Gasteiger partial charge in [-0.1, -0.05) is 82.3 Å². The van der Waals surface area contributed by atoms with Crippen LogP contribution in [0.25, 0.3) is 6.08 Å². The molecule has 1 aliphatic heterocycles. The molecule has 2 aromatic rings. The molecule has 1 N–H and O–H groups in total. The number of carbonyl (C=O) groups excluding carboxylic acids is 1. The van der Waals surface area contributed by atoms with Gasteiger partial charge >= 0.3 is 5.97 Å². The topological polar surface area (TPSA) is 46.5 Å². The number of benzene rings is 2. The Morgan fingerprint density at radius 3 is 2.15 bits per heavy atom. The van der Waals surface area contributed by atoms with Crippen molar-refractivity contribution in [2.45, 2.75) is 103 Å². The van der Waals surface area contributed by atoms with Crippen LogP contribution in [0.1, 0.15) is 100 Å². The Kier molecular flexibility index (Phi) is 8.76. The van der Waals surface area contributed by atoms with Gasteiger partial charge in [0.05, 0.1) is 5.60 Å². The average molecular weight is 463 g/mol. The Labute approximate surface area is 206 Å². The molecule has 1 aliphatic rings. The van der Waals surface area contributed by atoms with Gasteiger partial charge in [-0.2, -0.15) is 0 Å². The van der Waals surface area contributed by atoms with Gasteiger partial charge in [-0.25, -0.2) is 0 Å². The lowest BCUT2D eigenvalue weighted by Crippen LogP contribution is -2.26. The van der Waals surface area contributed by atoms with E-state index in [9.17, 15) is 9.90 Å². The first kappa shape index (κ1) is 26.2. The summed E-state index contributed by atoms with van der Waals surface area (Å²) in [6.45, 7) is 10.8. The molecule has 3 heteroatoms. The number of hydrogen-bond acceptors (Lipinski definition) is 3. The summed E-state index contributed by atoms with van der Waals surface area (Å²) in [4.78, 5) is 11.3. The van der Waals surface area contributed by atoms with Gasteiger partial charge in [0.2, 0.25) is 0 Å². The van der Waals surface area contributed by atoms with Crippen molar-refractivity contribution in [2.24, 2.45) is 0 Å². The van der Waals surface area contributed by atoms with Crippen molar-refractivity contribution in [1.82, 2.24) is 0 Å². The minimum Gasteiger partial charge on any atom is -0.462 e. The Hall–Kier alpha value is -2.39. The molecular weight excluding hydrogens is 420 g/mol. The van der Waals surface area contributed by atoms with E-state index in [-0.39, 0.29) is 17.5 Å². The van der Waals surface area contributed by atoms with Crippen molar-refractivity contribution in [3.63, 3.8) is 0 Å². The zero-order valence-electron chi connectivity index (χ0n) is 21.7. The summed E-state index contributed by atoms with van der Waals surface area (Å²) in [7, 11) is 0. The SMILES string of the molecule is CCC(O)(C=Cc1ccc(C(CC)(CC)c2ccc(CC[C@@H]3CCC(=O)O3)cc2)cc1C)CC. The van der Waals surface area contributed by atoms with Crippen LogP contribution in [0.4, 0.5) is 0 Å². The van der Waals surface area contributed by atoms with Crippen molar-refractivity contribution in [3.05, 3.63) is 76.4 Å². The van der Waals surface area contributed by atoms with Gasteiger partial charge in [0.1, 0.15) is 6.10 Å². The summed E-state index contributed by atoms with van der Waals surface area (Å²) in [5, 5.41) is 10.6. The fourth-order valence-electron chi connectivity index (χ4n) is 5.23. The molecule has 1 saturated heterocycles. The Morgan fingerprint density at radius 1 is 0.971 bits per heavy atom. The summed E-state index contributed by atoms with van der Waals surface area (Å²) in [5.74, 6) is -0.0563. The van der Waals surface area contributed by atoms with E-state index in [1.807, 2.05) is 19.9 Å². The van der Waals surface area contributed by atoms with E-state index in [4.69, 9.17) is 4.74 Å². The zero-order valence-corrected chi connectivity index (χ0v) is 21.7. The van der Waals surface area contributed by atoms with Crippen LogP contribution in [0, 0.1) is 6.92 Å². The first-order valence-electron chi connectivity index (χ1n) is 13.1. The molecule has 1 atom stereocenters. The molecule has 1 fully saturated rings. The van der Waals surface area contributed by atoms with Crippen molar-refractivity contribution >= 4 is 12.0 Å². The molecule has 3 rings (SSSR count). The number of ether oxygens (including phenoxy) is 1. The second-order valence-electron chi connectivity index (χ2n) is 9.89. The molecule has 3 nitrogen and oxygen atoms in total. The van der Waals surface area contributed by atoms with Crippen LogP contribution in [0.5, 0.6) is 0 Å². The van der Waals surface area contributed by atoms with Crippen LogP contribution in [0.3, 0.4) is 0 Å². The smallest absolute Gasteiger partial charge is 0.306 e. The predicted octanol–water partition coefficient (Wildman–Crippen LogP) is 7.30.